The van der Waals surface area contributed by atoms with Gasteiger partial charge in [0.2, 0.25) is 0 Å². The van der Waals surface area contributed by atoms with Gasteiger partial charge in [0.1, 0.15) is 5.76 Å². The smallest absolute Gasteiger partial charge is 0.122 e. The van der Waals surface area contributed by atoms with Crippen LogP contribution in [0.2, 0.25) is 0 Å². The van der Waals surface area contributed by atoms with Crippen LogP contribution in [-0.4, -0.2) is 25.5 Å². The lowest BCUT2D eigenvalue weighted by Gasteiger charge is -2.19. The maximum atomic E-state index is 5.56. The molecular weight excluding hydrogens is 140 g/mol. The van der Waals surface area contributed by atoms with E-state index in [9.17, 15) is 0 Å². The van der Waals surface area contributed by atoms with Gasteiger partial charge in [-0.25, -0.2) is 0 Å². The van der Waals surface area contributed by atoms with Crippen molar-refractivity contribution in [1.29, 1.82) is 0 Å². The monoisotopic (exact) mass is 154 g/mol. The molecule has 3 nitrogen and oxygen atoms in total. The Kier molecular flexibility index (Phi) is 2.68. The number of nitrogens with zero attached hydrogens (tertiary/aromatic N) is 1. The van der Waals surface area contributed by atoms with E-state index in [2.05, 4.69) is 0 Å². The third-order valence-electron chi connectivity index (χ3n) is 1.72. The zero-order valence-corrected chi connectivity index (χ0v) is 6.95. The summed E-state index contributed by atoms with van der Waals surface area (Å²) < 4.78 is 5.23. The SMILES string of the molecule is CN(C)[C@H](CN)c1ccco1. The van der Waals surface area contributed by atoms with E-state index in [-0.39, 0.29) is 6.04 Å². The fourth-order valence-corrected chi connectivity index (χ4v) is 1.06. The van der Waals surface area contributed by atoms with Crippen molar-refractivity contribution in [3.05, 3.63) is 24.2 Å². The van der Waals surface area contributed by atoms with Crippen molar-refractivity contribution in [3.63, 3.8) is 0 Å². The molecule has 0 aromatic carbocycles. The average molecular weight is 154 g/mol. The van der Waals surface area contributed by atoms with Gasteiger partial charge in [-0.2, -0.15) is 0 Å². The summed E-state index contributed by atoms with van der Waals surface area (Å²) in [6.07, 6.45) is 1.67. The van der Waals surface area contributed by atoms with E-state index in [1.165, 1.54) is 0 Å². The Bertz CT molecular complexity index is 194. The molecule has 1 rings (SSSR count). The van der Waals surface area contributed by atoms with Crippen molar-refractivity contribution in [2.75, 3.05) is 20.6 Å². The lowest BCUT2D eigenvalue weighted by atomic mass is 10.2. The van der Waals surface area contributed by atoms with Crippen molar-refractivity contribution < 1.29 is 4.42 Å². The zero-order chi connectivity index (χ0) is 8.27. The number of furan rings is 1. The zero-order valence-electron chi connectivity index (χ0n) is 6.95. The molecule has 0 aliphatic rings. The van der Waals surface area contributed by atoms with E-state index in [0.29, 0.717) is 6.54 Å². The predicted octanol–water partition coefficient (Wildman–Crippen LogP) is 0.841. The fourth-order valence-electron chi connectivity index (χ4n) is 1.06. The first kappa shape index (κ1) is 8.30. The molecule has 1 aromatic heterocycles. The molecule has 0 radical (unpaired) electrons. The van der Waals surface area contributed by atoms with Crippen LogP contribution in [0.5, 0.6) is 0 Å². The van der Waals surface area contributed by atoms with E-state index >= 15 is 0 Å². The predicted molar refractivity (Wildman–Crippen MR) is 44.2 cm³/mol. The molecule has 0 saturated heterocycles. The highest BCUT2D eigenvalue weighted by molar-refractivity contribution is 5.04. The van der Waals surface area contributed by atoms with Gasteiger partial charge in [-0.05, 0) is 26.2 Å². The number of hydrogen-bond donors (Lipinski definition) is 1. The van der Waals surface area contributed by atoms with E-state index < -0.39 is 0 Å². The van der Waals surface area contributed by atoms with Crippen LogP contribution in [0.3, 0.4) is 0 Å². The molecule has 0 unspecified atom stereocenters. The molecule has 0 bridgehead atoms. The molecule has 0 amide bonds. The number of hydrogen-bond acceptors (Lipinski definition) is 3. The minimum absolute atomic E-state index is 0.199. The van der Waals surface area contributed by atoms with Crippen molar-refractivity contribution >= 4 is 0 Å². The van der Waals surface area contributed by atoms with Crippen LogP contribution in [0.4, 0.5) is 0 Å². The highest BCUT2D eigenvalue weighted by Gasteiger charge is 2.13. The average Bonchev–Trinajstić information content (AvgIpc) is 2.40. The quantitative estimate of drug-likeness (QED) is 0.701. The first-order valence-corrected chi connectivity index (χ1v) is 3.65. The maximum absolute atomic E-state index is 5.56. The molecule has 0 aliphatic heterocycles. The lowest BCUT2D eigenvalue weighted by molar-refractivity contribution is 0.264. The Labute approximate surface area is 66.8 Å². The van der Waals surface area contributed by atoms with Crippen LogP contribution in [-0.2, 0) is 0 Å². The van der Waals surface area contributed by atoms with Crippen LogP contribution < -0.4 is 5.73 Å². The van der Waals surface area contributed by atoms with Gasteiger partial charge in [-0.1, -0.05) is 0 Å². The number of rotatable bonds is 3. The number of nitrogens with two attached hydrogens (primary N) is 1. The summed E-state index contributed by atoms with van der Waals surface area (Å²) in [6.45, 7) is 0.584. The Morgan fingerprint density at radius 3 is 2.73 bits per heavy atom. The molecule has 0 aliphatic carbocycles. The third kappa shape index (κ3) is 1.82. The van der Waals surface area contributed by atoms with Gasteiger partial charge in [-0.15, -0.1) is 0 Å². The van der Waals surface area contributed by atoms with E-state index in [1.807, 2.05) is 31.1 Å². The Hall–Kier alpha value is -0.800. The molecule has 3 heteroatoms. The molecular formula is C8H14N2O. The highest BCUT2D eigenvalue weighted by Crippen LogP contribution is 2.16. The minimum atomic E-state index is 0.199. The molecule has 1 atom stereocenters. The van der Waals surface area contributed by atoms with Gasteiger partial charge in [0.05, 0.1) is 12.3 Å². The molecule has 11 heavy (non-hydrogen) atoms. The molecule has 2 N–H and O–H groups in total. The van der Waals surface area contributed by atoms with Crippen LogP contribution in [0, 0.1) is 0 Å². The van der Waals surface area contributed by atoms with E-state index in [0.717, 1.165) is 5.76 Å². The third-order valence-corrected chi connectivity index (χ3v) is 1.72. The second-order valence-corrected chi connectivity index (χ2v) is 2.73. The molecule has 0 spiro atoms. The largest absolute Gasteiger partial charge is 0.468 e. The van der Waals surface area contributed by atoms with Gasteiger partial charge in [0.15, 0.2) is 0 Å². The van der Waals surface area contributed by atoms with E-state index in [1.54, 1.807) is 6.26 Å². The second kappa shape index (κ2) is 3.55. The summed E-state index contributed by atoms with van der Waals surface area (Å²) in [5, 5.41) is 0. The van der Waals surface area contributed by atoms with E-state index in [4.69, 9.17) is 10.2 Å². The van der Waals surface area contributed by atoms with Gasteiger partial charge < -0.3 is 10.2 Å². The highest BCUT2D eigenvalue weighted by atomic mass is 16.3. The molecule has 62 valence electrons. The lowest BCUT2D eigenvalue weighted by Crippen LogP contribution is -2.26. The van der Waals surface area contributed by atoms with Crippen molar-refractivity contribution in [2.45, 2.75) is 6.04 Å². The van der Waals surface area contributed by atoms with Gasteiger partial charge >= 0.3 is 0 Å². The van der Waals surface area contributed by atoms with Crippen LogP contribution >= 0.6 is 0 Å². The minimum Gasteiger partial charge on any atom is -0.468 e. The summed E-state index contributed by atoms with van der Waals surface area (Å²) in [6, 6.07) is 4.02. The first-order valence-electron chi connectivity index (χ1n) is 3.65. The Morgan fingerprint density at radius 1 is 1.64 bits per heavy atom. The first-order chi connectivity index (χ1) is 5.25. The normalized spacial score (nSPS) is 13.8. The second-order valence-electron chi connectivity index (χ2n) is 2.73. The van der Waals surface area contributed by atoms with Crippen LogP contribution in [0.25, 0.3) is 0 Å². The standard InChI is InChI=1S/C8H14N2O/c1-10(2)7(6-9)8-4-3-5-11-8/h3-5,7H,6,9H2,1-2H3/t7-/m1/s1. The Morgan fingerprint density at radius 2 is 2.36 bits per heavy atom. The summed E-state index contributed by atoms with van der Waals surface area (Å²) >= 11 is 0. The Balaban J connectivity index is 2.71. The van der Waals surface area contributed by atoms with Crippen molar-refractivity contribution in [3.8, 4) is 0 Å². The summed E-state index contributed by atoms with van der Waals surface area (Å²) in [4.78, 5) is 2.04. The van der Waals surface area contributed by atoms with Crippen molar-refractivity contribution in [1.82, 2.24) is 4.90 Å². The van der Waals surface area contributed by atoms with Gasteiger partial charge in [-0.3, -0.25) is 4.90 Å². The molecule has 1 heterocycles. The summed E-state index contributed by atoms with van der Waals surface area (Å²) in [5.74, 6) is 0.928. The van der Waals surface area contributed by atoms with Crippen molar-refractivity contribution in [2.24, 2.45) is 5.73 Å². The van der Waals surface area contributed by atoms with Gasteiger partial charge in [0, 0.05) is 6.54 Å². The number of likely N-dealkylation sites (N-methyl/N-ethyl adjacent to an activating group) is 1. The topological polar surface area (TPSA) is 42.4 Å². The van der Waals surface area contributed by atoms with Crippen LogP contribution in [0.15, 0.2) is 22.8 Å². The maximum Gasteiger partial charge on any atom is 0.122 e. The molecule has 1 aromatic rings. The fraction of sp³-hybridized carbons (Fsp3) is 0.500. The van der Waals surface area contributed by atoms with Crippen LogP contribution in [0.1, 0.15) is 11.8 Å². The summed E-state index contributed by atoms with van der Waals surface area (Å²) in [5.41, 5.74) is 5.56. The molecule has 0 saturated carbocycles. The van der Waals surface area contributed by atoms with Gasteiger partial charge in [0.25, 0.3) is 0 Å². The molecule has 0 fully saturated rings. The summed E-state index contributed by atoms with van der Waals surface area (Å²) in [7, 11) is 3.97.